The van der Waals surface area contributed by atoms with Gasteiger partial charge in [-0.1, -0.05) is 53.5 Å². The van der Waals surface area contributed by atoms with Crippen LogP contribution in [0.25, 0.3) is 10.4 Å². The van der Waals surface area contributed by atoms with E-state index in [2.05, 4.69) is 21.3 Å². The van der Waals surface area contributed by atoms with Gasteiger partial charge in [0.05, 0.1) is 11.6 Å². The minimum atomic E-state index is -0.520. The Kier molecular flexibility index (Phi) is 8.13. The zero-order chi connectivity index (χ0) is 20.2. The van der Waals surface area contributed by atoms with Crippen molar-refractivity contribution < 1.29 is 14.3 Å². The van der Waals surface area contributed by atoms with E-state index < -0.39 is 6.04 Å². The molecule has 1 N–H and O–H groups in total. The first-order valence-corrected chi connectivity index (χ1v) is 8.69. The van der Waals surface area contributed by atoms with Crippen molar-refractivity contribution in [1.82, 2.24) is 5.32 Å². The van der Waals surface area contributed by atoms with Gasteiger partial charge in [-0.15, -0.1) is 6.42 Å². The topological polar surface area (TPSA) is 104 Å². The third kappa shape index (κ3) is 6.20. The van der Waals surface area contributed by atoms with Crippen LogP contribution in [0.3, 0.4) is 0 Å². The first kappa shape index (κ1) is 20.6. The van der Waals surface area contributed by atoms with Crippen LogP contribution in [0.1, 0.15) is 34.8 Å². The number of carbonyl (C=O) groups is 2. The maximum atomic E-state index is 12.9. The molecule has 28 heavy (non-hydrogen) atoms. The fourth-order valence-electron chi connectivity index (χ4n) is 2.64. The minimum absolute atomic E-state index is 0.0451. The predicted molar refractivity (Wildman–Crippen MR) is 106 cm³/mol. The molecule has 1 unspecified atom stereocenters. The van der Waals surface area contributed by atoms with E-state index in [1.165, 1.54) is 0 Å². The number of nitrogens with one attached hydrogen (secondary N) is 1. The maximum absolute atomic E-state index is 12.9. The van der Waals surface area contributed by atoms with Crippen molar-refractivity contribution in [2.24, 2.45) is 5.11 Å². The molecule has 1 amide bonds. The maximum Gasteiger partial charge on any atom is 0.220 e. The first-order valence-electron chi connectivity index (χ1n) is 8.69. The number of azide groups is 1. The molecule has 0 aliphatic heterocycles. The Morgan fingerprint density at radius 2 is 1.89 bits per heavy atom. The van der Waals surface area contributed by atoms with Gasteiger partial charge in [-0.25, -0.2) is 0 Å². The number of ether oxygens (including phenoxy) is 1. The van der Waals surface area contributed by atoms with Gasteiger partial charge >= 0.3 is 0 Å². The van der Waals surface area contributed by atoms with Gasteiger partial charge in [0.15, 0.2) is 5.78 Å². The van der Waals surface area contributed by atoms with E-state index in [9.17, 15) is 9.59 Å². The lowest BCUT2D eigenvalue weighted by Crippen LogP contribution is -2.30. The summed E-state index contributed by atoms with van der Waals surface area (Å²) >= 11 is 0. The Morgan fingerprint density at radius 3 is 2.61 bits per heavy atom. The normalized spacial score (nSPS) is 10.8. The highest BCUT2D eigenvalue weighted by atomic mass is 16.5. The van der Waals surface area contributed by atoms with Crippen LogP contribution in [-0.4, -0.2) is 24.8 Å². The number of amides is 1. The molecule has 142 valence electrons. The standard InChI is InChI=1S/C21H20N4O3/c1-2-14-28-20-11-7-6-10-17(20)19(26)15-18(16-8-4-3-5-9-16)24-21(27)12-13-23-25-22/h1,3-11,18H,12-15H2,(H,24,27). The van der Waals surface area contributed by atoms with Crippen molar-refractivity contribution in [3.05, 3.63) is 76.2 Å². The molecule has 0 heterocycles. The summed E-state index contributed by atoms with van der Waals surface area (Å²) in [5.74, 6) is 2.30. The fourth-order valence-corrected chi connectivity index (χ4v) is 2.64. The number of terminal acetylenes is 1. The summed E-state index contributed by atoms with van der Waals surface area (Å²) in [7, 11) is 0. The minimum Gasteiger partial charge on any atom is -0.480 e. The van der Waals surface area contributed by atoms with E-state index in [0.29, 0.717) is 11.3 Å². The van der Waals surface area contributed by atoms with E-state index >= 15 is 0 Å². The summed E-state index contributed by atoms with van der Waals surface area (Å²) < 4.78 is 5.45. The molecule has 0 fully saturated rings. The number of nitrogens with zero attached hydrogens (tertiary/aromatic N) is 3. The molecule has 2 aromatic carbocycles. The van der Waals surface area contributed by atoms with E-state index in [0.717, 1.165) is 5.56 Å². The highest BCUT2D eigenvalue weighted by molar-refractivity contribution is 5.99. The van der Waals surface area contributed by atoms with Gasteiger partial charge in [0, 0.05) is 24.3 Å². The van der Waals surface area contributed by atoms with Gasteiger partial charge in [-0.3, -0.25) is 9.59 Å². The van der Waals surface area contributed by atoms with Crippen molar-refractivity contribution >= 4 is 11.7 Å². The SMILES string of the molecule is C#CCOc1ccccc1C(=O)CC(NC(=O)CCN=[N+]=[N-])c1ccccc1. The molecule has 2 rings (SSSR count). The quantitative estimate of drug-likeness (QED) is 0.224. The number of hydrogen-bond donors (Lipinski definition) is 1. The van der Waals surface area contributed by atoms with Crippen LogP contribution in [0.15, 0.2) is 59.7 Å². The van der Waals surface area contributed by atoms with Gasteiger partial charge in [0.2, 0.25) is 5.91 Å². The number of carbonyl (C=O) groups excluding carboxylic acids is 2. The van der Waals surface area contributed by atoms with Crippen LogP contribution in [0, 0.1) is 12.3 Å². The van der Waals surface area contributed by atoms with Gasteiger partial charge in [-0.2, -0.15) is 0 Å². The summed E-state index contributed by atoms with van der Waals surface area (Å²) in [6.07, 6.45) is 5.32. The summed E-state index contributed by atoms with van der Waals surface area (Å²) in [5.41, 5.74) is 9.54. The van der Waals surface area contributed by atoms with Crippen molar-refractivity contribution in [2.75, 3.05) is 13.2 Å². The Labute approximate surface area is 163 Å². The second-order valence-corrected chi connectivity index (χ2v) is 5.85. The summed E-state index contributed by atoms with van der Waals surface area (Å²) in [6, 6.07) is 15.5. The van der Waals surface area contributed by atoms with Gasteiger partial charge < -0.3 is 10.1 Å². The molecule has 0 spiro atoms. The zero-order valence-electron chi connectivity index (χ0n) is 15.2. The van der Waals surface area contributed by atoms with E-state index in [1.54, 1.807) is 24.3 Å². The second kappa shape index (κ2) is 11.1. The van der Waals surface area contributed by atoms with Gasteiger partial charge in [0.25, 0.3) is 0 Å². The number of rotatable bonds is 10. The largest absolute Gasteiger partial charge is 0.480 e. The smallest absolute Gasteiger partial charge is 0.220 e. The Morgan fingerprint density at radius 1 is 1.18 bits per heavy atom. The first-order chi connectivity index (χ1) is 13.7. The Hall–Kier alpha value is -3.75. The van der Waals surface area contributed by atoms with Crippen LogP contribution >= 0.6 is 0 Å². The van der Waals surface area contributed by atoms with Crippen molar-refractivity contribution in [3.63, 3.8) is 0 Å². The lowest BCUT2D eigenvalue weighted by Gasteiger charge is -2.19. The molecule has 0 bridgehead atoms. The van der Waals surface area contributed by atoms with Gasteiger partial charge in [0.1, 0.15) is 12.4 Å². The third-order valence-electron chi connectivity index (χ3n) is 3.93. The van der Waals surface area contributed by atoms with Crippen molar-refractivity contribution in [3.8, 4) is 18.1 Å². The molecule has 2 aromatic rings. The molecule has 1 atom stereocenters. The summed E-state index contributed by atoms with van der Waals surface area (Å²) in [4.78, 5) is 27.7. The number of hydrogen-bond acceptors (Lipinski definition) is 4. The fraction of sp³-hybridized carbons (Fsp3) is 0.238. The monoisotopic (exact) mass is 376 g/mol. The van der Waals surface area contributed by atoms with E-state index in [4.69, 9.17) is 16.7 Å². The number of ketones is 1. The van der Waals surface area contributed by atoms with Crippen LogP contribution in [0.2, 0.25) is 0 Å². The summed E-state index contributed by atoms with van der Waals surface area (Å²) in [5, 5.41) is 6.20. The molecular weight excluding hydrogens is 356 g/mol. The van der Waals surface area contributed by atoms with E-state index in [1.807, 2.05) is 30.3 Å². The van der Waals surface area contributed by atoms with Gasteiger partial charge in [-0.05, 0) is 23.2 Å². The highest BCUT2D eigenvalue weighted by Crippen LogP contribution is 2.24. The molecule has 7 heteroatoms. The van der Waals surface area contributed by atoms with Crippen molar-refractivity contribution in [2.45, 2.75) is 18.9 Å². The highest BCUT2D eigenvalue weighted by Gasteiger charge is 2.21. The third-order valence-corrected chi connectivity index (χ3v) is 3.93. The lowest BCUT2D eigenvalue weighted by molar-refractivity contribution is -0.121. The molecular formula is C21H20N4O3. The lowest BCUT2D eigenvalue weighted by atomic mass is 9.97. The Balaban J connectivity index is 2.18. The molecule has 0 aromatic heterocycles. The second-order valence-electron chi connectivity index (χ2n) is 5.85. The molecule has 0 radical (unpaired) electrons. The number of Topliss-reactive ketones (excluding diaryl/α,β-unsaturated/α-hetero) is 1. The van der Waals surface area contributed by atoms with Crippen LogP contribution in [-0.2, 0) is 4.79 Å². The van der Waals surface area contributed by atoms with Crippen LogP contribution < -0.4 is 10.1 Å². The number of benzene rings is 2. The average Bonchev–Trinajstić information content (AvgIpc) is 2.72. The molecule has 0 aliphatic carbocycles. The predicted octanol–water partition coefficient (Wildman–Crippen LogP) is 3.83. The average molecular weight is 376 g/mol. The number of para-hydroxylation sites is 1. The molecule has 0 saturated carbocycles. The van der Waals surface area contributed by atoms with Crippen LogP contribution in [0.5, 0.6) is 5.75 Å². The molecule has 0 saturated heterocycles. The summed E-state index contributed by atoms with van der Waals surface area (Å²) in [6.45, 7) is 0.114. The zero-order valence-corrected chi connectivity index (χ0v) is 15.2. The van der Waals surface area contributed by atoms with E-state index in [-0.39, 0.29) is 37.7 Å². The molecule has 7 nitrogen and oxygen atoms in total. The van der Waals surface area contributed by atoms with Crippen molar-refractivity contribution in [1.29, 1.82) is 0 Å². The Bertz CT molecular complexity index is 899. The van der Waals surface area contributed by atoms with Crippen LogP contribution in [0.4, 0.5) is 0 Å². The molecule has 0 aliphatic rings.